The van der Waals surface area contributed by atoms with Gasteiger partial charge in [0.15, 0.2) is 0 Å². The van der Waals surface area contributed by atoms with Gasteiger partial charge in [0.05, 0.1) is 18.9 Å². The third-order valence-electron chi connectivity index (χ3n) is 3.49. The maximum Gasteiger partial charge on any atom is 1.00 e. The van der Waals surface area contributed by atoms with Crippen molar-refractivity contribution in [2.24, 2.45) is 0 Å². The van der Waals surface area contributed by atoms with Crippen LogP contribution in [0.3, 0.4) is 0 Å². The molecule has 0 radical (unpaired) electrons. The minimum atomic E-state index is -2.40. The van der Waals surface area contributed by atoms with Crippen LogP contribution in [0.1, 0.15) is 90.9 Å². The molecule has 0 heterocycles. The van der Waals surface area contributed by atoms with Crippen molar-refractivity contribution >= 4 is 29.7 Å². The summed E-state index contributed by atoms with van der Waals surface area (Å²) in [7, 11) is 0. The fraction of sp³-hybridized carbons (Fsp3) is 1.00. The molecule has 0 bridgehead atoms. The normalized spacial score (nSPS) is 11.4. The predicted molar refractivity (Wildman–Crippen MR) is 100 cm³/mol. The average molecular weight is 393 g/mol. The van der Waals surface area contributed by atoms with Gasteiger partial charge in [-0.2, -0.15) is 0 Å². The zero-order valence-electron chi connectivity index (χ0n) is 15.0. The second kappa shape index (κ2) is 19.9. The fourth-order valence-corrected chi connectivity index (χ4v) is 3.83. The Morgan fingerprint density at radius 2 is 1.00 bits per heavy atom. The van der Waals surface area contributed by atoms with Crippen molar-refractivity contribution in [2.45, 2.75) is 90.9 Å². The minimum absolute atomic E-state index is 0. The van der Waals surface area contributed by atoms with E-state index < -0.39 is 5.69 Å². The van der Waals surface area contributed by atoms with E-state index in [1.54, 1.807) is 0 Å². The van der Waals surface area contributed by atoms with E-state index in [9.17, 15) is 0 Å². The Kier molecular flexibility index (Phi) is 24.2. The molecular weight excluding hydrogens is 358 g/mol. The van der Waals surface area contributed by atoms with E-state index in [-0.39, 0.29) is 51.4 Å². The van der Waals surface area contributed by atoms with Crippen LogP contribution in [0.2, 0.25) is 0 Å². The molecule has 0 unspecified atom stereocenters. The maximum absolute atomic E-state index is 5.60. The summed E-state index contributed by atoms with van der Waals surface area (Å²) in [6, 6.07) is 0. The minimum Gasteiger partial charge on any atom is -0.691 e. The van der Waals surface area contributed by atoms with Gasteiger partial charge in [-0.25, -0.2) is 0 Å². The van der Waals surface area contributed by atoms with Crippen molar-refractivity contribution in [3.63, 3.8) is 0 Å². The fourth-order valence-electron chi connectivity index (χ4n) is 2.15. The third kappa shape index (κ3) is 20.6. The second-order valence-corrected chi connectivity index (χ2v) is 10.6. The summed E-state index contributed by atoms with van der Waals surface area (Å²) in [5.41, 5.74) is -2.40. The molecule has 0 atom stereocenters. The van der Waals surface area contributed by atoms with Crippen LogP contribution in [0, 0.1) is 0 Å². The molecular formula is C16H34KO2PS2. The van der Waals surface area contributed by atoms with E-state index in [0.717, 1.165) is 12.8 Å². The summed E-state index contributed by atoms with van der Waals surface area (Å²) in [6.07, 6.45) is 15.0. The third-order valence-corrected chi connectivity index (χ3v) is 5.76. The first-order valence-corrected chi connectivity index (χ1v) is 12.4. The van der Waals surface area contributed by atoms with Gasteiger partial charge < -0.3 is 21.3 Å². The summed E-state index contributed by atoms with van der Waals surface area (Å²) in [6.45, 7) is 5.81. The van der Waals surface area contributed by atoms with Gasteiger partial charge in [0.25, 0.3) is 0 Å². The van der Waals surface area contributed by atoms with Gasteiger partial charge in [0.2, 0.25) is 0 Å². The number of rotatable bonds is 16. The van der Waals surface area contributed by atoms with Crippen molar-refractivity contribution in [3.8, 4) is 0 Å². The maximum atomic E-state index is 5.60. The molecule has 0 fully saturated rings. The molecule has 128 valence electrons. The van der Waals surface area contributed by atoms with Crippen LogP contribution in [0.4, 0.5) is 0 Å². The standard InChI is InChI=1S/C16H35O2PS2.K/c1-3-5-7-9-11-13-15-17-19(20,21)18-16-14-12-10-8-6-4-2;/h3-16H2,1-2H3,(H,20,21);/q;+1/p-1. The molecule has 0 aliphatic heterocycles. The number of hydrogen-bond acceptors (Lipinski definition) is 4. The summed E-state index contributed by atoms with van der Waals surface area (Å²) >= 11 is 10.5. The molecule has 0 aromatic heterocycles. The van der Waals surface area contributed by atoms with Gasteiger partial charge in [-0.15, -0.1) is 0 Å². The summed E-state index contributed by atoms with van der Waals surface area (Å²) in [5, 5.41) is 0. The molecule has 22 heavy (non-hydrogen) atoms. The Labute approximate surface area is 192 Å². The smallest absolute Gasteiger partial charge is 0.691 e. The van der Waals surface area contributed by atoms with Gasteiger partial charge in [-0.3, -0.25) is 0 Å². The Balaban J connectivity index is 0. The van der Waals surface area contributed by atoms with Crippen molar-refractivity contribution in [1.82, 2.24) is 0 Å². The number of unbranched alkanes of at least 4 members (excludes halogenated alkanes) is 10. The Morgan fingerprint density at radius 1 is 0.682 bits per heavy atom. The van der Waals surface area contributed by atoms with Crippen LogP contribution in [0.15, 0.2) is 0 Å². The first-order chi connectivity index (χ1) is 10.1. The Bertz CT molecular complexity index is 247. The van der Waals surface area contributed by atoms with E-state index in [4.69, 9.17) is 33.1 Å². The van der Waals surface area contributed by atoms with Crippen LogP contribution in [-0.4, -0.2) is 13.2 Å². The summed E-state index contributed by atoms with van der Waals surface area (Å²) in [4.78, 5) is 0. The second-order valence-electron chi connectivity index (χ2n) is 5.65. The van der Waals surface area contributed by atoms with Crippen LogP contribution >= 0.6 is 5.69 Å². The van der Waals surface area contributed by atoms with Crippen LogP contribution in [0.5, 0.6) is 0 Å². The van der Waals surface area contributed by atoms with Crippen LogP contribution < -0.4 is 51.4 Å². The van der Waals surface area contributed by atoms with Gasteiger partial charge in [0.1, 0.15) is 0 Å². The Hall–Kier alpha value is 2.56. The Morgan fingerprint density at radius 3 is 1.36 bits per heavy atom. The molecule has 0 amide bonds. The molecule has 2 nitrogen and oxygen atoms in total. The first kappa shape index (κ1) is 26.8. The largest absolute Gasteiger partial charge is 1.00 e. The van der Waals surface area contributed by atoms with E-state index in [1.807, 2.05) is 0 Å². The van der Waals surface area contributed by atoms with E-state index >= 15 is 0 Å². The summed E-state index contributed by atoms with van der Waals surface area (Å²) < 4.78 is 11.2. The zero-order chi connectivity index (χ0) is 15.8. The molecule has 6 heteroatoms. The van der Waals surface area contributed by atoms with Crippen LogP contribution in [0.25, 0.3) is 0 Å². The average Bonchev–Trinajstić information content (AvgIpc) is 2.45. The zero-order valence-corrected chi connectivity index (χ0v) is 20.6. The molecule has 0 aliphatic carbocycles. The molecule has 0 aromatic rings. The molecule has 0 aliphatic rings. The van der Waals surface area contributed by atoms with Crippen molar-refractivity contribution < 1.29 is 60.4 Å². The van der Waals surface area contributed by atoms with Gasteiger partial charge in [0, 0.05) is 0 Å². The topological polar surface area (TPSA) is 18.5 Å². The first-order valence-electron chi connectivity index (χ1n) is 8.72. The molecule has 0 N–H and O–H groups in total. The number of hydrogen-bond donors (Lipinski definition) is 0. The molecule has 0 spiro atoms. The van der Waals surface area contributed by atoms with Crippen molar-refractivity contribution in [2.75, 3.05) is 13.2 Å². The van der Waals surface area contributed by atoms with Crippen molar-refractivity contribution in [1.29, 1.82) is 0 Å². The van der Waals surface area contributed by atoms with Gasteiger partial charge in [-0.05, 0) is 12.8 Å². The summed E-state index contributed by atoms with van der Waals surface area (Å²) in [5.74, 6) is 0. The van der Waals surface area contributed by atoms with E-state index in [0.29, 0.717) is 13.2 Å². The predicted octanol–water partition coefficient (Wildman–Crippen LogP) is 3.52. The SMILES string of the molecule is CCCCCCCCOP(=S)([S-])OCCCCCCCC.[K+]. The van der Waals surface area contributed by atoms with Gasteiger partial charge in [-0.1, -0.05) is 89.9 Å². The molecule has 0 saturated heterocycles. The molecule has 0 saturated carbocycles. The van der Waals surface area contributed by atoms with Gasteiger partial charge >= 0.3 is 51.4 Å². The molecule has 0 aromatic carbocycles. The van der Waals surface area contributed by atoms with E-state index in [2.05, 4.69) is 13.8 Å². The monoisotopic (exact) mass is 392 g/mol. The van der Waals surface area contributed by atoms with E-state index in [1.165, 1.54) is 64.2 Å². The molecule has 0 rings (SSSR count). The van der Waals surface area contributed by atoms with Crippen molar-refractivity contribution in [3.05, 3.63) is 0 Å². The van der Waals surface area contributed by atoms with Crippen LogP contribution in [-0.2, 0) is 33.1 Å². The quantitative estimate of drug-likeness (QED) is 0.173.